The molecule has 16 heavy (non-hydrogen) atoms. The Bertz CT molecular complexity index is 223. The van der Waals surface area contributed by atoms with Crippen LogP contribution in [0.2, 0.25) is 0 Å². The van der Waals surface area contributed by atoms with Gasteiger partial charge in [-0.25, -0.2) is 0 Å². The SMILES string of the molecule is CNC1CC(CCO)CN(CCC(=O)O)C1. The molecule has 5 nitrogen and oxygen atoms in total. The van der Waals surface area contributed by atoms with Crippen LogP contribution in [0.15, 0.2) is 0 Å². The molecular weight excluding hydrogens is 208 g/mol. The highest BCUT2D eigenvalue weighted by atomic mass is 16.4. The van der Waals surface area contributed by atoms with Crippen molar-refractivity contribution in [2.75, 3.05) is 33.3 Å². The number of nitrogens with one attached hydrogen (secondary N) is 1. The molecule has 0 aliphatic carbocycles. The van der Waals surface area contributed by atoms with E-state index in [0.29, 0.717) is 18.5 Å². The third-order valence-electron chi connectivity index (χ3n) is 3.20. The van der Waals surface area contributed by atoms with E-state index >= 15 is 0 Å². The highest BCUT2D eigenvalue weighted by Crippen LogP contribution is 2.19. The number of aliphatic carboxylic acids is 1. The van der Waals surface area contributed by atoms with E-state index in [4.69, 9.17) is 10.2 Å². The molecule has 1 rings (SSSR count). The van der Waals surface area contributed by atoms with Gasteiger partial charge in [0.1, 0.15) is 0 Å². The van der Waals surface area contributed by atoms with Crippen LogP contribution in [0.25, 0.3) is 0 Å². The fourth-order valence-electron chi connectivity index (χ4n) is 2.34. The molecule has 2 unspecified atom stereocenters. The number of carboxylic acids is 1. The molecule has 1 aliphatic rings. The summed E-state index contributed by atoms with van der Waals surface area (Å²) in [5.41, 5.74) is 0. The monoisotopic (exact) mass is 230 g/mol. The Kier molecular flexibility index (Phi) is 5.73. The zero-order valence-electron chi connectivity index (χ0n) is 9.85. The van der Waals surface area contributed by atoms with E-state index in [1.54, 1.807) is 0 Å². The molecule has 1 fully saturated rings. The van der Waals surface area contributed by atoms with Crippen molar-refractivity contribution in [2.45, 2.75) is 25.3 Å². The van der Waals surface area contributed by atoms with Crippen LogP contribution in [0.1, 0.15) is 19.3 Å². The third-order valence-corrected chi connectivity index (χ3v) is 3.20. The van der Waals surface area contributed by atoms with Gasteiger partial charge in [0.25, 0.3) is 0 Å². The molecule has 1 aliphatic heterocycles. The van der Waals surface area contributed by atoms with E-state index in [1.807, 2.05) is 7.05 Å². The number of nitrogens with zero attached hydrogens (tertiary/aromatic N) is 1. The van der Waals surface area contributed by atoms with Gasteiger partial charge in [0.15, 0.2) is 0 Å². The van der Waals surface area contributed by atoms with Gasteiger partial charge in [-0.15, -0.1) is 0 Å². The molecule has 5 heteroatoms. The predicted molar refractivity (Wildman–Crippen MR) is 61.4 cm³/mol. The molecule has 0 aromatic carbocycles. The summed E-state index contributed by atoms with van der Waals surface area (Å²) in [6.45, 7) is 2.64. The minimum atomic E-state index is -0.745. The number of likely N-dealkylation sites (N-methyl/N-ethyl adjacent to an activating group) is 1. The zero-order valence-corrected chi connectivity index (χ0v) is 9.85. The predicted octanol–water partition coefficient (Wildman–Crippen LogP) is -0.247. The van der Waals surface area contributed by atoms with Crippen molar-refractivity contribution in [3.05, 3.63) is 0 Å². The van der Waals surface area contributed by atoms with E-state index in [1.165, 1.54) is 0 Å². The summed E-state index contributed by atoms with van der Waals surface area (Å²) < 4.78 is 0. The summed E-state index contributed by atoms with van der Waals surface area (Å²) in [4.78, 5) is 12.7. The van der Waals surface area contributed by atoms with E-state index in [2.05, 4.69) is 10.2 Å². The first-order valence-electron chi connectivity index (χ1n) is 5.88. The van der Waals surface area contributed by atoms with Crippen molar-refractivity contribution in [1.29, 1.82) is 0 Å². The normalized spacial score (nSPS) is 26.9. The summed E-state index contributed by atoms with van der Waals surface area (Å²) in [7, 11) is 1.93. The Hall–Kier alpha value is -0.650. The lowest BCUT2D eigenvalue weighted by atomic mass is 9.91. The maximum atomic E-state index is 10.5. The molecule has 0 radical (unpaired) electrons. The number of carboxylic acid groups (broad SMARTS) is 1. The number of rotatable bonds is 6. The molecule has 0 spiro atoms. The number of aliphatic hydroxyl groups excluding tert-OH is 1. The number of hydrogen-bond donors (Lipinski definition) is 3. The lowest BCUT2D eigenvalue weighted by molar-refractivity contribution is -0.137. The quantitative estimate of drug-likeness (QED) is 0.587. The second kappa shape index (κ2) is 6.83. The topological polar surface area (TPSA) is 72.8 Å². The molecule has 94 valence electrons. The van der Waals surface area contributed by atoms with Crippen molar-refractivity contribution >= 4 is 5.97 Å². The molecule has 0 bridgehead atoms. The summed E-state index contributed by atoms with van der Waals surface area (Å²) in [6.07, 6.45) is 2.07. The number of piperidine rings is 1. The van der Waals surface area contributed by atoms with Crippen LogP contribution in [0.4, 0.5) is 0 Å². The molecule has 0 aromatic heterocycles. The van der Waals surface area contributed by atoms with E-state index in [9.17, 15) is 4.79 Å². The largest absolute Gasteiger partial charge is 0.481 e. The molecule has 1 saturated heterocycles. The first-order chi connectivity index (χ1) is 7.65. The molecule has 1 heterocycles. The fourth-order valence-corrected chi connectivity index (χ4v) is 2.34. The van der Waals surface area contributed by atoms with Crippen LogP contribution in [0, 0.1) is 5.92 Å². The smallest absolute Gasteiger partial charge is 0.304 e. The van der Waals surface area contributed by atoms with Gasteiger partial charge in [0.05, 0.1) is 6.42 Å². The summed E-state index contributed by atoms with van der Waals surface area (Å²) in [5.74, 6) is -0.268. The summed E-state index contributed by atoms with van der Waals surface area (Å²) in [6, 6.07) is 0.416. The minimum Gasteiger partial charge on any atom is -0.481 e. The molecule has 3 N–H and O–H groups in total. The van der Waals surface area contributed by atoms with Crippen molar-refractivity contribution in [1.82, 2.24) is 10.2 Å². The summed E-state index contributed by atoms with van der Waals surface area (Å²) in [5, 5.41) is 20.8. The van der Waals surface area contributed by atoms with Crippen molar-refractivity contribution in [3.8, 4) is 0 Å². The van der Waals surface area contributed by atoms with Crippen LogP contribution in [-0.2, 0) is 4.79 Å². The van der Waals surface area contributed by atoms with Crippen molar-refractivity contribution < 1.29 is 15.0 Å². The zero-order chi connectivity index (χ0) is 12.0. The Morgan fingerprint density at radius 1 is 1.50 bits per heavy atom. The first-order valence-corrected chi connectivity index (χ1v) is 5.88. The number of carbonyl (C=O) groups is 1. The van der Waals surface area contributed by atoms with Gasteiger partial charge >= 0.3 is 5.97 Å². The third kappa shape index (κ3) is 4.47. The van der Waals surface area contributed by atoms with Crippen molar-refractivity contribution in [3.63, 3.8) is 0 Å². The Labute approximate surface area is 96.4 Å². The van der Waals surface area contributed by atoms with Crippen LogP contribution in [0.3, 0.4) is 0 Å². The van der Waals surface area contributed by atoms with Gasteiger partial charge in [-0.3, -0.25) is 4.79 Å². The van der Waals surface area contributed by atoms with Crippen LogP contribution >= 0.6 is 0 Å². The van der Waals surface area contributed by atoms with Crippen molar-refractivity contribution in [2.24, 2.45) is 5.92 Å². The van der Waals surface area contributed by atoms with E-state index in [-0.39, 0.29) is 13.0 Å². The lowest BCUT2D eigenvalue weighted by Crippen LogP contribution is -2.48. The fraction of sp³-hybridized carbons (Fsp3) is 0.909. The van der Waals surface area contributed by atoms with Gasteiger partial charge in [-0.2, -0.15) is 0 Å². The molecular formula is C11H22N2O3. The molecule has 0 saturated carbocycles. The summed E-state index contributed by atoms with van der Waals surface area (Å²) >= 11 is 0. The van der Waals surface area contributed by atoms with Gasteiger partial charge in [0.2, 0.25) is 0 Å². The van der Waals surface area contributed by atoms with Gasteiger partial charge < -0.3 is 20.4 Å². The number of aliphatic hydroxyl groups is 1. The number of hydrogen-bond acceptors (Lipinski definition) is 4. The van der Waals surface area contributed by atoms with E-state index < -0.39 is 5.97 Å². The Balaban J connectivity index is 2.40. The molecule has 0 aromatic rings. The average molecular weight is 230 g/mol. The second-order valence-corrected chi connectivity index (χ2v) is 4.50. The minimum absolute atomic E-state index is 0.197. The highest BCUT2D eigenvalue weighted by molar-refractivity contribution is 5.66. The molecule has 0 amide bonds. The van der Waals surface area contributed by atoms with Crippen LogP contribution in [0.5, 0.6) is 0 Å². The average Bonchev–Trinajstić information content (AvgIpc) is 2.26. The Morgan fingerprint density at radius 3 is 2.81 bits per heavy atom. The van der Waals surface area contributed by atoms with E-state index in [0.717, 1.165) is 25.9 Å². The van der Waals surface area contributed by atoms with Crippen LogP contribution in [-0.4, -0.2) is 60.4 Å². The van der Waals surface area contributed by atoms with Gasteiger partial charge in [-0.05, 0) is 25.8 Å². The first kappa shape index (κ1) is 13.4. The second-order valence-electron chi connectivity index (χ2n) is 4.50. The lowest BCUT2D eigenvalue weighted by Gasteiger charge is -2.37. The Morgan fingerprint density at radius 2 is 2.25 bits per heavy atom. The maximum Gasteiger partial charge on any atom is 0.304 e. The molecule has 2 atom stereocenters. The van der Waals surface area contributed by atoms with Crippen LogP contribution < -0.4 is 5.32 Å². The number of likely N-dealkylation sites (tertiary alicyclic amines) is 1. The maximum absolute atomic E-state index is 10.5. The van der Waals surface area contributed by atoms with Gasteiger partial charge in [-0.1, -0.05) is 0 Å². The highest BCUT2D eigenvalue weighted by Gasteiger charge is 2.25. The standard InChI is InChI=1S/C11H22N2O3/c1-12-10-6-9(3-5-14)7-13(8-10)4-2-11(15)16/h9-10,12,14H,2-8H2,1H3,(H,15,16). The van der Waals surface area contributed by atoms with Gasteiger partial charge in [0, 0.05) is 32.3 Å².